The predicted molar refractivity (Wildman–Crippen MR) is 125 cm³/mol. The molecule has 1 atom stereocenters. The van der Waals surface area contributed by atoms with Gasteiger partial charge in [0.1, 0.15) is 5.75 Å². The van der Waals surface area contributed by atoms with Crippen molar-refractivity contribution in [2.45, 2.75) is 50.7 Å². The Balaban J connectivity index is 1.22. The van der Waals surface area contributed by atoms with Gasteiger partial charge in [0.2, 0.25) is 0 Å². The molecule has 1 aromatic carbocycles. The van der Waals surface area contributed by atoms with E-state index in [-0.39, 0.29) is 30.2 Å². The zero-order valence-corrected chi connectivity index (χ0v) is 18.5. The second-order valence-corrected chi connectivity index (χ2v) is 8.73. The Morgan fingerprint density at radius 1 is 1.12 bits per heavy atom. The molecule has 2 aromatic heterocycles. The molecule has 2 N–H and O–H groups in total. The highest BCUT2D eigenvalue weighted by Gasteiger charge is 2.26. The number of aromatic nitrogens is 3. The first-order valence-corrected chi connectivity index (χ1v) is 11.4. The fourth-order valence-corrected chi connectivity index (χ4v) is 4.66. The van der Waals surface area contributed by atoms with Crippen LogP contribution in [0.25, 0.3) is 11.3 Å². The van der Waals surface area contributed by atoms with Crippen molar-refractivity contribution >= 4 is 11.6 Å². The highest BCUT2D eigenvalue weighted by molar-refractivity contribution is 5.95. The van der Waals surface area contributed by atoms with Crippen molar-refractivity contribution in [3.63, 3.8) is 0 Å². The van der Waals surface area contributed by atoms with Crippen LogP contribution in [0, 0.1) is 0 Å². The lowest BCUT2D eigenvalue weighted by Crippen LogP contribution is -2.37. The number of benzene rings is 1. The number of fused-ring (bicyclic) bond motifs is 1. The number of amides is 1. The predicted octanol–water partition coefficient (Wildman–Crippen LogP) is 3.47. The van der Waals surface area contributed by atoms with E-state index < -0.39 is 0 Å². The van der Waals surface area contributed by atoms with Crippen LogP contribution in [0.2, 0.25) is 0 Å². The number of hydrogen-bond donors (Lipinski definition) is 2. The second-order valence-electron chi connectivity index (χ2n) is 8.73. The van der Waals surface area contributed by atoms with Gasteiger partial charge in [0.25, 0.3) is 11.5 Å². The van der Waals surface area contributed by atoms with Crippen LogP contribution in [0.1, 0.15) is 50.3 Å². The Kier molecular flexibility index (Phi) is 5.92. The molecule has 2 aliphatic rings. The summed E-state index contributed by atoms with van der Waals surface area (Å²) in [6.07, 6.45) is 7.19. The number of nitrogens with one attached hydrogen (secondary N) is 2. The molecule has 0 saturated heterocycles. The summed E-state index contributed by atoms with van der Waals surface area (Å²) in [5, 5.41) is 11.2. The summed E-state index contributed by atoms with van der Waals surface area (Å²) in [6.45, 7) is 2.19. The molecule has 8 nitrogen and oxygen atoms in total. The van der Waals surface area contributed by atoms with Crippen molar-refractivity contribution in [3.8, 4) is 17.0 Å². The van der Waals surface area contributed by atoms with Crippen molar-refractivity contribution < 1.29 is 9.53 Å². The third kappa shape index (κ3) is 4.66. The molecule has 170 valence electrons. The molecule has 1 aliphatic carbocycles. The van der Waals surface area contributed by atoms with E-state index >= 15 is 0 Å². The van der Waals surface area contributed by atoms with Crippen LogP contribution in [0.4, 0.5) is 5.69 Å². The first-order valence-electron chi connectivity index (χ1n) is 11.4. The maximum atomic E-state index is 12.5. The van der Waals surface area contributed by atoms with Crippen LogP contribution in [-0.4, -0.2) is 33.3 Å². The SMILES string of the molecule is CC(NC1CCC(n2nc(-c3cccnc3)ccc2=O)CC1)c1ccc2c(c1)NC(=O)CO2. The summed E-state index contributed by atoms with van der Waals surface area (Å²) in [6, 6.07) is 13.7. The van der Waals surface area contributed by atoms with Crippen LogP contribution in [-0.2, 0) is 4.79 Å². The van der Waals surface area contributed by atoms with Gasteiger partial charge in [-0.15, -0.1) is 0 Å². The summed E-state index contributed by atoms with van der Waals surface area (Å²) in [4.78, 5) is 28.3. The average molecular weight is 446 g/mol. The minimum Gasteiger partial charge on any atom is -0.482 e. The Hall–Kier alpha value is -3.52. The zero-order chi connectivity index (χ0) is 22.8. The molecule has 0 radical (unpaired) electrons. The third-order valence-electron chi connectivity index (χ3n) is 6.45. The number of hydrogen-bond acceptors (Lipinski definition) is 6. The molecule has 1 amide bonds. The van der Waals surface area contributed by atoms with Gasteiger partial charge in [-0.2, -0.15) is 5.10 Å². The molecule has 3 aromatic rings. The van der Waals surface area contributed by atoms with E-state index in [0.29, 0.717) is 11.8 Å². The molecule has 5 rings (SSSR count). The van der Waals surface area contributed by atoms with Crippen molar-refractivity contribution in [2.24, 2.45) is 0 Å². The van der Waals surface area contributed by atoms with Crippen LogP contribution in [0.3, 0.4) is 0 Å². The van der Waals surface area contributed by atoms with Crippen molar-refractivity contribution in [1.82, 2.24) is 20.1 Å². The van der Waals surface area contributed by atoms with Crippen molar-refractivity contribution in [3.05, 3.63) is 70.8 Å². The molecule has 33 heavy (non-hydrogen) atoms. The number of pyridine rings is 1. The molecule has 0 spiro atoms. The minimum atomic E-state index is -0.130. The van der Waals surface area contributed by atoms with Crippen LogP contribution < -0.4 is 20.9 Å². The fraction of sp³-hybridized carbons (Fsp3) is 0.360. The monoisotopic (exact) mass is 445 g/mol. The Morgan fingerprint density at radius 3 is 2.76 bits per heavy atom. The molecule has 0 bridgehead atoms. The van der Waals surface area contributed by atoms with Crippen LogP contribution >= 0.6 is 0 Å². The van der Waals surface area contributed by atoms with E-state index in [4.69, 9.17) is 4.74 Å². The van der Waals surface area contributed by atoms with Gasteiger partial charge >= 0.3 is 0 Å². The lowest BCUT2D eigenvalue weighted by Gasteiger charge is -2.32. The normalized spacial score (nSPS) is 20.9. The molecule has 8 heteroatoms. The fourth-order valence-electron chi connectivity index (χ4n) is 4.66. The number of ether oxygens (including phenoxy) is 1. The van der Waals surface area contributed by atoms with E-state index in [2.05, 4.69) is 27.6 Å². The highest BCUT2D eigenvalue weighted by atomic mass is 16.5. The molecule has 1 fully saturated rings. The third-order valence-corrected chi connectivity index (χ3v) is 6.45. The Morgan fingerprint density at radius 2 is 1.97 bits per heavy atom. The van der Waals surface area contributed by atoms with E-state index in [0.717, 1.165) is 48.2 Å². The smallest absolute Gasteiger partial charge is 0.267 e. The number of carbonyl (C=O) groups excluding carboxylic acids is 1. The van der Waals surface area contributed by atoms with Crippen molar-refractivity contribution in [2.75, 3.05) is 11.9 Å². The zero-order valence-electron chi connectivity index (χ0n) is 18.5. The Bertz CT molecular complexity index is 1200. The average Bonchev–Trinajstić information content (AvgIpc) is 2.85. The second kappa shape index (κ2) is 9.15. The quantitative estimate of drug-likeness (QED) is 0.624. The maximum absolute atomic E-state index is 12.5. The lowest BCUT2D eigenvalue weighted by molar-refractivity contribution is -0.118. The molecule has 1 unspecified atom stereocenters. The summed E-state index contributed by atoms with van der Waals surface area (Å²) < 4.78 is 7.10. The van der Waals surface area contributed by atoms with E-state index in [1.165, 1.54) is 0 Å². The maximum Gasteiger partial charge on any atom is 0.267 e. The van der Waals surface area contributed by atoms with Crippen LogP contribution in [0.15, 0.2) is 59.7 Å². The standard InChI is InChI=1S/C25H27N5O3/c1-16(17-4-10-23-22(13-17)28-24(31)15-33-23)27-19-5-7-20(8-6-19)30-25(32)11-9-21(29-30)18-3-2-12-26-14-18/h2-4,9-14,16,19-20,27H,5-8,15H2,1H3,(H,28,31). The molecule has 1 aliphatic heterocycles. The molecular formula is C25H27N5O3. The van der Waals surface area contributed by atoms with Gasteiger partial charge in [0.15, 0.2) is 6.61 Å². The van der Waals surface area contributed by atoms with E-state index in [1.807, 2.05) is 30.3 Å². The van der Waals surface area contributed by atoms with Crippen molar-refractivity contribution in [1.29, 1.82) is 0 Å². The summed E-state index contributed by atoms with van der Waals surface area (Å²) >= 11 is 0. The van der Waals surface area contributed by atoms with Gasteiger partial charge in [-0.1, -0.05) is 6.07 Å². The topological polar surface area (TPSA) is 98.1 Å². The Labute approximate surface area is 192 Å². The largest absolute Gasteiger partial charge is 0.482 e. The lowest BCUT2D eigenvalue weighted by atomic mass is 9.90. The van der Waals surface area contributed by atoms with Gasteiger partial charge in [-0.3, -0.25) is 14.6 Å². The first-order chi connectivity index (χ1) is 16.1. The summed E-state index contributed by atoms with van der Waals surface area (Å²) in [7, 11) is 0. The number of anilines is 1. The van der Waals surface area contributed by atoms with Gasteiger partial charge in [-0.25, -0.2) is 4.68 Å². The number of carbonyl (C=O) groups is 1. The molecule has 3 heterocycles. The molecular weight excluding hydrogens is 418 g/mol. The van der Waals surface area contributed by atoms with Gasteiger partial charge in [0.05, 0.1) is 17.4 Å². The van der Waals surface area contributed by atoms with E-state index in [1.54, 1.807) is 29.2 Å². The van der Waals surface area contributed by atoms with Gasteiger partial charge < -0.3 is 15.4 Å². The summed E-state index contributed by atoms with van der Waals surface area (Å²) in [5.74, 6) is 0.576. The summed E-state index contributed by atoms with van der Waals surface area (Å²) in [5.41, 5.74) is 3.43. The van der Waals surface area contributed by atoms with Crippen LogP contribution in [0.5, 0.6) is 5.75 Å². The van der Waals surface area contributed by atoms with Gasteiger partial charge in [0, 0.05) is 36.1 Å². The first kappa shape index (κ1) is 21.3. The number of nitrogens with zero attached hydrogens (tertiary/aromatic N) is 3. The van der Waals surface area contributed by atoms with Gasteiger partial charge in [-0.05, 0) is 68.5 Å². The number of rotatable bonds is 5. The highest BCUT2D eigenvalue weighted by Crippen LogP contribution is 2.32. The molecule has 1 saturated carbocycles. The van der Waals surface area contributed by atoms with E-state index in [9.17, 15) is 9.59 Å². The minimum absolute atomic E-state index is 0.0620.